The van der Waals surface area contributed by atoms with Gasteiger partial charge in [-0.05, 0) is 56.6 Å². The van der Waals surface area contributed by atoms with E-state index in [-0.39, 0.29) is 0 Å². The van der Waals surface area contributed by atoms with Gasteiger partial charge in [-0.1, -0.05) is 24.1 Å². The van der Waals surface area contributed by atoms with Crippen LogP contribution < -0.4 is 10.6 Å². The van der Waals surface area contributed by atoms with Gasteiger partial charge >= 0.3 is 0 Å². The van der Waals surface area contributed by atoms with Crippen molar-refractivity contribution in [2.24, 2.45) is 11.7 Å². The first-order valence-corrected chi connectivity index (χ1v) is 8.39. The lowest BCUT2D eigenvalue weighted by atomic mass is 9.87. The van der Waals surface area contributed by atoms with Gasteiger partial charge < -0.3 is 15.7 Å². The monoisotopic (exact) mass is 288 g/mol. The molecule has 2 atom stereocenters. The first-order chi connectivity index (χ1) is 10.1. The molecule has 1 aromatic rings. The Kier molecular flexibility index (Phi) is 4.23. The van der Waals surface area contributed by atoms with Crippen molar-refractivity contribution in [2.45, 2.75) is 51.0 Å². The van der Waals surface area contributed by atoms with Crippen LogP contribution in [0.4, 0.5) is 5.69 Å². The highest BCUT2D eigenvalue weighted by molar-refractivity contribution is 5.56. The van der Waals surface area contributed by atoms with E-state index < -0.39 is 5.60 Å². The zero-order chi connectivity index (χ0) is 14.9. The fourth-order valence-electron chi connectivity index (χ4n) is 4.16. The number of hydrogen-bond donors (Lipinski definition) is 2. The summed E-state index contributed by atoms with van der Waals surface area (Å²) < 4.78 is 0. The van der Waals surface area contributed by atoms with Crippen LogP contribution in [0.1, 0.15) is 43.2 Å². The average Bonchev–Trinajstić information content (AvgIpc) is 2.86. The zero-order valence-electron chi connectivity index (χ0n) is 13.1. The Morgan fingerprint density at radius 3 is 3.05 bits per heavy atom. The van der Waals surface area contributed by atoms with E-state index in [0.717, 1.165) is 38.8 Å². The minimum absolute atomic E-state index is 0.373. The number of hydrogen-bond acceptors (Lipinski definition) is 3. The van der Waals surface area contributed by atoms with E-state index in [4.69, 9.17) is 5.73 Å². The summed E-state index contributed by atoms with van der Waals surface area (Å²) in [6, 6.07) is 6.81. The summed E-state index contributed by atoms with van der Waals surface area (Å²) in [6.45, 7) is 4.76. The SMILES string of the molecule is Cc1ccc2c(c1)CCCN2CCC1CCCC1(O)CN. The second-order valence-corrected chi connectivity index (χ2v) is 6.91. The molecular weight excluding hydrogens is 260 g/mol. The van der Waals surface area contributed by atoms with Crippen molar-refractivity contribution in [1.82, 2.24) is 0 Å². The van der Waals surface area contributed by atoms with Crippen LogP contribution in [-0.2, 0) is 6.42 Å². The molecule has 3 rings (SSSR count). The quantitative estimate of drug-likeness (QED) is 0.895. The Morgan fingerprint density at radius 1 is 1.38 bits per heavy atom. The van der Waals surface area contributed by atoms with E-state index in [9.17, 15) is 5.11 Å². The van der Waals surface area contributed by atoms with Crippen molar-refractivity contribution in [3.05, 3.63) is 29.3 Å². The fourth-order valence-corrected chi connectivity index (χ4v) is 4.16. The number of rotatable bonds is 4. The second-order valence-electron chi connectivity index (χ2n) is 6.91. The summed E-state index contributed by atoms with van der Waals surface area (Å²) in [5, 5.41) is 10.6. The standard InChI is InChI=1S/C18H28N2O/c1-14-6-7-17-15(12-14)4-3-10-20(17)11-8-16-5-2-9-18(16,21)13-19/h6-7,12,16,21H,2-5,8-11,13,19H2,1H3. The highest BCUT2D eigenvalue weighted by atomic mass is 16.3. The molecule has 3 heteroatoms. The molecule has 1 aliphatic heterocycles. The highest BCUT2D eigenvalue weighted by Crippen LogP contribution is 2.38. The molecule has 0 spiro atoms. The van der Waals surface area contributed by atoms with Gasteiger partial charge in [-0.3, -0.25) is 0 Å². The van der Waals surface area contributed by atoms with Gasteiger partial charge in [-0.15, -0.1) is 0 Å². The van der Waals surface area contributed by atoms with Crippen LogP contribution in [0.3, 0.4) is 0 Å². The Bertz CT molecular complexity index is 502. The molecule has 0 bridgehead atoms. The van der Waals surface area contributed by atoms with Crippen LogP contribution in [-0.4, -0.2) is 30.3 Å². The molecule has 0 amide bonds. The highest BCUT2D eigenvalue weighted by Gasteiger charge is 2.39. The van der Waals surface area contributed by atoms with Crippen molar-refractivity contribution in [3.63, 3.8) is 0 Å². The lowest BCUT2D eigenvalue weighted by Gasteiger charge is -2.35. The molecule has 1 saturated carbocycles. The summed E-state index contributed by atoms with van der Waals surface area (Å²) in [5.41, 5.74) is 9.43. The van der Waals surface area contributed by atoms with E-state index in [0.29, 0.717) is 12.5 Å². The smallest absolute Gasteiger partial charge is 0.0798 e. The van der Waals surface area contributed by atoms with Crippen LogP contribution in [0.5, 0.6) is 0 Å². The van der Waals surface area contributed by atoms with Crippen molar-refractivity contribution in [3.8, 4) is 0 Å². The fraction of sp³-hybridized carbons (Fsp3) is 0.667. The molecule has 3 N–H and O–H groups in total. The molecule has 1 fully saturated rings. The number of benzene rings is 1. The Balaban J connectivity index is 1.67. The Labute approximate surface area is 128 Å². The molecule has 0 radical (unpaired) electrons. The summed E-state index contributed by atoms with van der Waals surface area (Å²) in [4.78, 5) is 2.51. The van der Waals surface area contributed by atoms with Gasteiger partial charge in [0.25, 0.3) is 0 Å². The summed E-state index contributed by atoms with van der Waals surface area (Å²) >= 11 is 0. The minimum Gasteiger partial charge on any atom is -0.388 e. The lowest BCUT2D eigenvalue weighted by Crippen LogP contribution is -2.43. The molecule has 21 heavy (non-hydrogen) atoms. The number of nitrogens with zero attached hydrogens (tertiary/aromatic N) is 1. The molecule has 116 valence electrons. The van der Waals surface area contributed by atoms with E-state index in [1.165, 1.54) is 29.7 Å². The zero-order valence-corrected chi connectivity index (χ0v) is 13.1. The predicted octanol–water partition coefficient (Wildman–Crippen LogP) is 2.63. The molecule has 0 saturated heterocycles. The van der Waals surface area contributed by atoms with Gasteiger partial charge in [0, 0.05) is 25.3 Å². The molecule has 1 aliphatic carbocycles. The van der Waals surface area contributed by atoms with E-state index in [1.54, 1.807) is 0 Å². The van der Waals surface area contributed by atoms with Gasteiger partial charge in [-0.25, -0.2) is 0 Å². The molecular formula is C18H28N2O. The molecule has 0 aromatic heterocycles. The maximum absolute atomic E-state index is 10.6. The topological polar surface area (TPSA) is 49.5 Å². The summed E-state index contributed by atoms with van der Waals surface area (Å²) in [6.07, 6.45) is 6.62. The molecule has 2 aliphatic rings. The Hall–Kier alpha value is -1.06. The number of aliphatic hydroxyl groups is 1. The van der Waals surface area contributed by atoms with Gasteiger partial charge in [0.2, 0.25) is 0 Å². The van der Waals surface area contributed by atoms with Crippen LogP contribution in [0.25, 0.3) is 0 Å². The molecule has 1 heterocycles. The number of fused-ring (bicyclic) bond motifs is 1. The minimum atomic E-state index is -0.605. The maximum Gasteiger partial charge on any atom is 0.0798 e. The molecule has 3 nitrogen and oxygen atoms in total. The number of nitrogens with two attached hydrogens (primary N) is 1. The summed E-state index contributed by atoms with van der Waals surface area (Å²) in [7, 11) is 0. The van der Waals surface area contributed by atoms with Crippen molar-refractivity contribution in [1.29, 1.82) is 0 Å². The maximum atomic E-state index is 10.6. The normalized spacial score (nSPS) is 28.7. The van der Waals surface area contributed by atoms with Crippen LogP contribution in [0.15, 0.2) is 18.2 Å². The molecule has 1 aromatic carbocycles. The predicted molar refractivity (Wildman–Crippen MR) is 87.7 cm³/mol. The van der Waals surface area contributed by atoms with E-state index >= 15 is 0 Å². The van der Waals surface area contributed by atoms with Crippen molar-refractivity contribution in [2.75, 3.05) is 24.5 Å². The van der Waals surface area contributed by atoms with Crippen LogP contribution >= 0.6 is 0 Å². The van der Waals surface area contributed by atoms with Crippen LogP contribution in [0, 0.1) is 12.8 Å². The first-order valence-electron chi connectivity index (χ1n) is 8.39. The third kappa shape index (κ3) is 2.95. The lowest BCUT2D eigenvalue weighted by molar-refractivity contribution is 0.00885. The number of aryl methyl sites for hydroxylation is 2. The Morgan fingerprint density at radius 2 is 2.24 bits per heavy atom. The first kappa shape index (κ1) is 14.9. The van der Waals surface area contributed by atoms with E-state index in [2.05, 4.69) is 30.0 Å². The number of anilines is 1. The van der Waals surface area contributed by atoms with Crippen molar-refractivity contribution >= 4 is 5.69 Å². The largest absolute Gasteiger partial charge is 0.388 e. The van der Waals surface area contributed by atoms with Crippen LogP contribution in [0.2, 0.25) is 0 Å². The van der Waals surface area contributed by atoms with Gasteiger partial charge in [0.1, 0.15) is 0 Å². The summed E-state index contributed by atoms with van der Waals surface area (Å²) in [5.74, 6) is 0.373. The van der Waals surface area contributed by atoms with Gasteiger partial charge in [0.05, 0.1) is 5.60 Å². The third-order valence-electron chi connectivity index (χ3n) is 5.47. The molecule has 2 unspecified atom stereocenters. The van der Waals surface area contributed by atoms with Gasteiger partial charge in [-0.2, -0.15) is 0 Å². The average molecular weight is 288 g/mol. The van der Waals surface area contributed by atoms with Crippen molar-refractivity contribution < 1.29 is 5.11 Å². The van der Waals surface area contributed by atoms with Gasteiger partial charge in [0.15, 0.2) is 0 Å². The van der Waals surface area contributed by atoms with E-state index in [1.807, 2.05) is 0 Å². The second kappa shape index (κ2) is 5.98. The third-order valence-corrected chi connectivity index (χ3v) is 5.47.